The lowest BCUT2D eigenvalue weighted by molar-refractivity contribution is -0.153. The highest BCUT2D eigenvalue weighted by atomic mass is 28.4. The Labute approximate surface area is 168 Å². The Kier molecular flexibility index (Phi) is 10.2. The van der Waals surface area contributed by atoms with Crippen LogP contribution in [0.5, 0.6) is 0 Å². The molecule has 1 heterocycles. The molecule has 0 saturated carbocycles. The van der Waals surface area contributed by atoms with Crippen molar-refractivity contribution in [3.8, 4) is 0 Å². The molecule has 28 heavy (non-hydrogen) atoms. The molecule has 0 aromatic rings. The SMILES string of the molecule is COC(=O)CNC(=O)[C@H](O)[C@@H](O)[C@H](O)[C@H]1COC(CC[Si](C)O[Si](C)(C)C)O1. The van der Waals surface area contributed by atoms with Crippen molar-refractivity contribution in [2.24, 2.45) is 0 Å². The maximum atomic E-state index is 11.8. The van der Waals surface area contributed by atoms with Crippen molar-refractivity contribution < 1.29 is 43.2 Å². The van der Waals surface area contributed by atoms with Crippen LogP contribution in [0.4, 0.5) is 0 Å². The fraction of sp³-hybridized carbons (Fsp3) is 0.875. The zero-order valence-electron chi connectivity index (χ0n) is 17.0. The van der Waals surface area contributed by atoms with Crippen molar-refractivity contribution in [1.82, 2.24) is 5.32 Å². The smallest absolute Gasteiger partial charge is 0.325 e. The summed E-state index contributed by atoms with van der Waals surface area (Å²) in [6.07, 6.45) is -6.09. The fourth-order valence-electron chi connectivity index (χ4n) is 2.60. The van der Waals surface area contributed by atoms with Crippen molar-refractivity contribution >= 4 is 29.2 Å². The first-order valence-corrected chi connectivity index (χ1v) is 14.6. The molecule has 1 radical (unpaired) electrons. The molecule has 163 valence electrons. The van der Waals surface area contributed by atoms with Gasteiger partial charge in [-0.05, 0) is 38.7 Å². The Hall–Kier alpha value is -0.866. The van der Waals surface area contributed by atoms with Gasteiger partial charge in [0.05, 0.1) is 13.7 Å². The van der Waals surface area contributed by atoms with E-state index >= 15 is 0 Å². The number of hydrogen-bond acceptors (Lipinski definition) is 9. The van der Waals surface area contributed by atoms with E-state index in [0.29, 0.717) is 6.42 Å². The van der Waals surface area contributed by atoms with E-state index in [1.807, 2.05) is 0 Å². The molecule has 1 amide bonds. The van der Waals surface area contributed by atoms with Crippen LogP contribution < -0.4 is 5.32 Å². The molecule has 1 aliphatic heterocycles. The van der Waals surface area contributed by atoms with Gasteiger partial charge >= 0.3 is 5.97 Å². The van der Waals surface area contributed by atoms with Crippen molar-refractivity contribution in [2.45, 2.75) is 69.4 Å². The molecule has 0 spiro atoms. The molecule has 1 aliphatic rings. The number of esters is 1. The zero-order chi connectivity index (χ0) is 21.5. The number of aliphatic hydroxyl groups excluding tert-OH is 3. The molecule has 0 bridgehead atoms. The molecule has 5 atom stereocenters. The van der Waals surface area contributed by atoms with Gasteiger partial charge < -0.3 is 39.0 Å². The summed E-state index contributed by atoms with van der Waals surface area (Å²) in [6, 6.07) is 0.809. The fourth-order valence-corrected chi connectivity index (χ4v) is 7.83. The van der Waals surface area contributed by atoms with E-state index in [4.69, 9.17) is 13.6 Å². The van der Waals surface area contributed by atoms with E-state index in [0.717, 1.165) is 13.2 Å². The van der Waals surface area contributed by atoms with Crippen molar-refractivity contribution in [3.63, 3.8) is 0 Å². The van der Waals surface area contributed by atoms with Gasteiger partial charge in [-0.3, -0.25) is 9.59 Å². The van der Waals surface area contributed by atoms with Crippen LogP contribution in [0.1, 0.15) is 6.42 Å². The molecule has 1 rings (SSSR count). The van der Waals surface area contributed by atoms with Crippen molar-refractivity contribution in [1.29, 1.82) is 0 Å². The Balaban J connectivity index is 2.43. The van der Waals surface area contributed by atoms with Gasteiger partial charge in [0.25, 0.3) is 5.91 Å². The molecule has 0 aliphatic carbocycles. The standard InChI is InChI=1S/C16H32NO9Si2/c1-23-11(18)8-17-16(22)15(21)14(20)13(19)10-9-24-12(25-10)6-7-27(2)26-28(3,4)5/h10,12-15,19-21H,6-9H2,1-5H3,(H,17,22)/t10-,12?,13-,14+,15-/m1/s1. The molecule has 4 N–H and O–H groups in total. The molecule has 12 heteroatoms. The summed E-state index contributed by atoms with van der Waals surface area (Å²) in [4.78, 5) is 22.8. The lowest BCUT2D eigenvalue weighted by Gasteiger charge is -2.26. The number of methoxy groups -OCH3 is 1. The first-order chi connectivity index (χ1) is 12.9. The minimum atomic E-state index is -1.93. The Morgan fingerprint density at radius 3 is 2.50 bits per heavy atom. The molecular formula is C16H32NO9Si2. The van der Waals surface area contributed by atoms with Crippen LogP contribution in [0, 0.1) is 0 Å². The maximum Gasteiger partial charge on any atom is 0.325 e. The van der Waals surface area contributed by atoms with Crippen LogP contribution in [0.25, 0.3) is 0 Å². The average molecular weight is 439 g/mol. The second-order valence-electron chi connectivity index (χ2n) is 7.61. The third kappa shape index (κ3) is 8.65. The predicted molar refractivity (Wildman–Crippen MR) is 103 cm³/mol. The molecule has 1 unspecified atom stereocenters. The van der Waals surface area contributed by atoms with Crippen molar-refractivity contribution in [2.75, 3.05) is 20.3 Å². The minimum Gasteiger partial charge on any atom is -0.468 e. The molecular weight excluding hydrogens is 406 g/mol. The van der Waals surface area contributed by atoms with Gasteiger partial charge in [-0.25, -0.2) is 0 Å². The van der Waals surface area contributed by atoms with E-state index in [9.17, 15) is 24.9 Å². The van der Waals surface area contributed by atoms with E-state index < -0.39 is 66.5 Å². The van der Waals surface area contributed by atoms with Crippen LogP contribution in [0.2, 0.25) is 32.2 Å². The van der Waals surface area contributed by atoms with Gasteiger partial charge in [0.2, 0.25) is 0 Å². The minimum absolute atomic E-state index is 0.0278. The summed E-state index contributed by atoms with van der Waals surface area (Å²) >= 11 is 0. The number of hydrogen-bond donors (Lipinski definition) is 4. The average Bonchev–Trinajstić information content (AvgIpc) is 3.09. The molecule has 10 nitrogen and oxygen atoms in total. The Bertz CT molecular complexity index is 517. The molecule has 1 fully saturated rings. The molecule has 1 saturated heterocycles. The molecule has 0 aromatic carbocycles. The van der Waals surface area contributed by atoms with Gasteiger partial charge in [-0.15, -0.1) is 0 Å². The van der Waals surface area contributed by atoms with Gasteiger partial charge in [0.1, 0.15) is 24.9 Å². The third-order valence-corrected chi connectivity index (χ3v) is 8.78. The highest BCUT2D eigenvalue weighted by Crippen LogP contribution is 2.22. The number of amides is 1. The third-order valence-electron chi connectivity index (χ3n) is 3.94. The van der Waals surface area contributed by atoms with Gasteiger partial charge in [-0.2, -0.15) is 0 Å². The monoisotopic (exact) mass is 438 g/mol. The van der Waals surface area contributed by atoms with Crippen LogP contribution in [0.15, 0.2) is 0 Å². The molecule has 0 aromatic heterocycles. The van der Waals surface area contributed by atoms with Crippen LogP contribution in [0.3, 0.4) is 0 Å². The zero-order valence-corrected chi connectivity index (χ0v) is 19.0. The Morgan fingerprint density at radius 1 is 1.29 bits per heavy atom. The van der Waals surface area contributed by atoms with Crippen LogP contribution in [-0.4, -0.2) is 95.5 Å². The first-order valence-electron chi connectivity index (χ1n) is 9.12. The van der Waals surface area contributed by atoms with E-state index in [1.165, 1.54) is 0 Å². The van der Waals surface area contributed by atoms with Crippen LogP contribution in [-0.2, 0) is 27.9 Å². The maximum absolute atomic E-state index is 11.8. The number of carbonyl (C=O) groups is 2. The van der Waals surface area contributed by atoms with Gasteiger partial charge in [-0.1, -0.05) is 0 Å². The summed E-state index contributed by atoms with van der Waals surface area (Å²) in [7, 11) is -1.41. The highest BCUT2D eigenvalue weighted by Gasteiger charge is 2.40. The lowest BCUT2D eigenvalue weighted by atomic mass is 10.0. The van der Waals surface area contributed by atoms with E-state index in [2.05, 4.69) is 36.2 Å². The predicted octanol–water partition coefficient (Wildman–Crippen LogP) is -1.04. The van der Waals surface area contributed by atoms with Crippen LogP contribution >= 0.6 is 0 Å². The normalized spacial score (nSPS) is 23.3. The highest BCUT2D eigenvalue weighted by molar-refractivity contribution is 6.77. The Morgan fingerprint density at radius 2 is 1.93 bits per heavy atom. The number of carbonyl (C=O) groups excluding carboxylic acids is 2. The summed E-state index contributed by atoms with van der Waals surface area (Å²) in [5.41, 5.74) is 0. The lowest BCUT2D eigenvalue weighted by Crippen LogP contribution is -2.52. The summed E-state index contributed by atoms with van der Waals surface area (Å²) in [6.45, 7) is 8.04. The second kappa shape index (κ2) is 11.4. The number of nitrogens with one attached hydrogen (secondary N) is 1. The first kappa shape index (κ1) is 25.2. The summed E-state index contributed by atoms with van der Waals surface area (Å²) in [5, 5.41) is 32.2. The number of aliphatic hydroxyl groups is 3. The summed E-state index contributed by atoms with van der Waals surface area (Å²) < 4.78 is 21.5. The quantitative estimate of drug-likeness (QED) is 0.235. The topological polar surface area (TPSA) is 144 Å². The second-order valence-corrected chi connectivity index (χ2v) is 14.6. The van der Waals surface area contributed by atoms with Gasteiger partial charge in [0.15, 0.2) is 29.8 Å². The number of rotatable bonds is 11. The van der Waals surface area contributed by atoms with E-state index in [1.54, 1.807) is 0 Å². The van der Waals surface area contributed by atoms with Crippen molar-refractivity contribution in [3.05, 3.63) is 0 Å². The largest absolute Gasteiger partial charge is 0.468 e. The summed E-state index contributed by atoms with van der Waals surface area (Å²) in [5.74, 6) is -1.71. The van der Waals surface area contributed by atoms with Gasteiger partial charge in [0, 0.05) is 0 Å². The number of ether oxygens (including phenoxy) is 3. The van der Waals surface area contributed by atoms with E-state index in [-0.39, 0.29) is 6.61 Å².